The molecule has 0 aliphatic carbocycles. The van der Waals surface area contributed by atoms with Gasteiger partial charge in [0, 0.05) is 17.8 Å². The Bertz CT molecular complexity index is 836. The first-order chi connectivity index (χ1) is 9.10. The number of pyridine rings is 1. The van der Waals surface area contributed by atoms with Gasteiger partial charge in [0.1, 0.15) is 0 Å². The molecule has 0 unspecified atom stereocenters. The Labute approximate surface area is 111 Å². The van der Waals surface area contributed by atoms with Gasteiger partial charge in [0.15, 0.2) is 0 Å². The highest BCUT2D eigenvalue weighted by Gasteiger charge is 2.18. The molecular weight excluding hydrogens is 260 g/mol. The lowest BCUT2D eigenvalue weighted by atomic mass is 10.2. The number of fused-ring (bicyclic) bond motifs is 1. The largest absolute Gasteiger partial charge is 0.268 e. The van der Waals surface area contributed by atoms with Crippen molar-refractivity contribution in [2.75, 3.05) is 0 Å². The van der Waals surface area contributed by atoms with Crippen LogP contribution in [0.15, 0.2) is 59.8 Å². The molecule has 3 aromatic rings. The molecule has 2 heterocycles. The van der Waals surface area contributed by atoms with Gasteiger partial charge in [-0.3, -0.25) is 4.98 Å². The molecule has 95 valence electrons. The van der Waals surface area contributed by atoms with Gasteiger partial charge in [-0.15, -0.1) is 0 Å². The summed E-state index contributed by atoms with van der Waals surface area (Å²) in [6, 6.07) is 11.7. The lowest BCUT2D eigenvalue weighted by molar-refractivity contribution is 0.589. The van der Waals surface area contributed by atoms with Crippen molar-refractivity contribution < 1.29 is 8.42 Å². The van der Waals surface area contributed by atoms with Crippen molar-refractivity contribution in [3.05, 3.63) is 67.5 Å². The zero-order chi connectivity index (χ0) is 13.5. The fourth-order valence-corrected chi connectivity index (χ4v) is 3.38. The van der Waals surface area contributed by atoms with E-state index in [1.165, 1.54) is 10.2 Å². The van der Waals surface area contributed by atoms with Gasteiger partial charge in [0.2, 0.25) is 0 Å². The molecule has 0 N–H and O–H groups in total. The highest BCUT2D eigenvalue weighted by Crippen LogP contribution is 2.23. The molecule has 0 saturated carbocycles. The number of nitrogens with zero attached hydrogens (tertiary/aromatic N) is 2. The molecule has 0 aliphatic rings. The third kappa shape index (κ3) is 1.82. The molecule has 0 aliphatic heterocycles. The first-order valence-electron chi connectivity index (χ1n) is 5.69. The second-order valence-corrected chi connectivity index (χ2v) is 5.94. The van der Waals surface area contributed by atoms with Crippen LogP contribution in [0.2, 0.25) is 0 Å². The van der Waals surface area contributed by atoms with Crippen LogP contribution in [0.3, 0.4) is 0 Å². The normalized spacial score (nSPS) is 11.8. The lowest BCUT2D eigenvalue weighted by Gasteiger charge is -2.07. The number of aromatic nitrogens is 2. The Morgan fingerprint density at radius 2 is 1.79 bits per heavy atom. The highest BCUT2D eigenvalue weighted by atomic mass is 32.2. The molecule has 0 atom stereocenters. The zero-order valence-electron chi connectivity index (χ0n) is 10.0. The topological polar surface area (TPSA) is 52.0 Å². The molecule has 2 aromatic heterocycles. The number of hydrogen-bond acceptors (Lipinski definition) is 3. The molecule has 19 heavy (non-hydrogen) atoms. The minimum atomic E-state index is -3.58. The Morgan fingerprint density at radius 1 is 1.05 bits per heavy atom. The minimum absolute atomic E-state index is 0.259. The second kappa shape index (κ2) is 4.20. The van der Waals surface area contributed by atoms with Crippen LogP contribution in [0.5, 0.6) is 0 Å². The molecule has 0 bridgehead atoms. The summed E-state index contributed by atoms with van der Waals surface area (Å²) < 4.78 is 26.3. The Balaban J connectivity index is 2.29. The maximum atomic E-state index is 12.5. The Morgan fingerprint density at radius 3 is 2.53 bits per heavy atom. The van der Waals surface area contributed by atoms with E-state index in [-0.39, 0.29) is 4.90 Å². The summed E-state index contributed by atoms with van der Waals surface area (Å²) in [6.45, 7) is 3.80. The lowest BCUT2D eigenvalue weighted by Crippen LogP contribution is -2.11. The average molecular weight is 271 g/mol. The third-order valence-corrected chi connectivity index (χ3v) is 4.67. The van der Waals surface area contributed by atoms with E-state index in [4.69, 9.17) is 0 Å². The van der Waals surface area contributed by atoms with Gasteiger partial charge in [0.25, 0.3) is 10.0 Å². The summed E-state index contributed by atoms with van der Waals surface area (Å²) in [5, 5.41) is 0.738. The van der Waals surface area contributed by atoms with Crippen LogP contribution in [0.25, 0.3) is 10.9 Å². The Kier molecular flexibility index (Phi) is 2.64. The van der Waals surface area contributed by atoms with E-state index in [1.54, 1.807) is 48.7 Å². The van der Waals surface area contributed by atoms with Crippen LogP contribution in [-0.2, 0) is 10.0 Å². The third-order valence-electron chi connectivity index (χ3n) is 2.96. The van der Waals surface area contributed by atoms with Crippen molar-refractivity contribution in [1.82, 2.24) is 8.96 Å². The molecule has 1 aromatic carbocycles. The molecule has 1 radical (unpaired) electrons. The second-order valence-electron chi connectivity index (χ2n) is 4.12. The van der Waals surface area contributed by atoms with Crippen molar-refractivity contribution in [1.29, 1.82) is 0 Å². The van der Waals surface area contributed by atoms with Crippen molar-refractivity contribution in [2.24, 2.45) is 0 Å². The van der Waals surface area contributed by atoms with Crippen LogP contribution in [0.1, 0.15) is 5.69 Å². The van der Waals surface area contributed by atoms with Crippen LogP contribution in [0.4, 0.5) is 0 Å². The smallest absolute Gasteiger partial charge is 0.261 e. The van der Waals surface area contributed by atoms with Gasteiger partial charge in [-0.05, 0) is 31.2 Å². The summed E-state index contributed by atoms with van der Waals surface area (Å²) in [6.07, 6.45) is 3.09. The predicted molar refractivity (Wildman–Crippen MR) is 73.2 cm³/mol. The molecule has 5 heteroatoms. The SMILES string of the molecule is [CH2]c1nccc2c1ccn2S(=O)(=O)c1ccccc1. The quantitative estimate of drug-likeness (QED) is 0.719. The van der Waals surface area contributed by atoms with E-state index in [0.29, 0.717) is 11.2 Å². The van der Waals surface area contributed by atoms with Crippen molar-refractivity contribution in [3.63, 3.8) is 0 Å². The van der Waals surface area contributed by atoms with Gasteiger partial charge in [-0.25, -0.2) is 12.4 Å². The fraction of sp³-hybridized carbons (Fsp3) is 0. The number of benzene rings is 1. The van der Waals surface area contributed by atoms with E-state index in [9.17, 15) is 8.42 Å². The first kappa shape index (κ1) is 11.9. The Hall–Kier alpha value is -2.14. The van der Waals surface area contributed by atoms with Crippen LogP contribution in [-0.4, -0.2) is 17.4 Å². The molecule has 0 spiro atoms. The summed E-state index contributed by atoms with van der Waals surface area (Å²) >= 11 is 0. The number of rotatable bonds is 2. The van der Waals surface area contributed by atoms with Gasteiger partial charge in [-0.1, -0.05) is 18.2 Å². The first-order valence-corrected chi connectivity index (χ1v) is 7.13. The summed E-state index contributed by atoms with van der Waals surface area (Å²) in [5.74, 6) is 0. The maximum absolute atomic E-state index is 12.5. The van der Waals surface area contributed by atoms with Crippen LogP contribution < -0.4 is 0 Å². The fourth-order valence-electron chi connectivity index (χ4n) is 2.02. The molecule has 3 rings (SSSR count). The van der Waals surface area contributed by atoms with Crippen LogP contribution in [0, 0.1) is 6.92 Å². The molecule has 4 nitrogen and oxygen atoms in total. The standard InChI is InChI=1S/C14H11N2O2S/c1-11-13-8-10-16(14(13)7-9-15-11)19(17,18)12-5-3-2-4-6-12/h2-10H,1H2. The summed E-state index contributed by atoms with van der Waals surface area (Å²) in [4.78, 5) is 4.32. The van der Waals surface area contributed by atoms with Crippen molar-refractivity contribution in [3.8, 4) is 0 Å². The van der Waals surface area contributed by atoms with E-state index >= 15 is 0 Å². The maximum Gasteiger partial charge on any atom is 0.268 e. The van der Waals surface area contributed by atoms with E-state index in [1.807, 2.05) is 0 Å². The minimum Gasteiger partial charge on any atom is -0.261 e. The van der Waals surface area contributed by atoms with Gasteiger partial charge >= 0.3 is 0 Å². The molecule has 0 fully saturated rings. The predicted octanol–water partition coefficient (Wildman–Crippen LogP) is 2.46. The molecule has 0 saturated heterocycles. The van der Waals surface area contributed by atoms with Crippen molar-refractivity contribution in [2.45, 2.75) is 4.90 Å². The van der Waals surface area contributed by atoms with Crippen molar-refractivity contribution >= 4 is 20.9 Å². The zero-order valence-corrected chi connectivity index (χ0v) is 10.8. The average Bonchev–Trinajstić information content (AvgIpc) is 2.86. The van der Waals surface area contributed by atoms with Gasteiger partial charge < -0.3 is 0 Å². The van der Waals surface area contributed by atoms with Gasteiger partial charge in [0.05, 0.1) is 16.1 Å². The van der Waals surface area contributed by atoms with E-state index in [0.717, 1.165) is 5.39 Å². The monoisotopic (exact) mass is 271 g/mol. The molecular formula is C14H11N2O2S. The van der Waals surface area contributed by atoms with E-state index in [2.05, 4.69) is 11.9 Å². The number of hydrogen-bond donors (Lipinski definition) is 0. The van der Waals surface area contributed by atoms with E-state index < -0.39 is 10.0 Å². The summed E-state index contributed by atoms with van der Waals surface area (Å²) in [7, 11) is -3.58. The highest BCUT2D eigenvalue weighted by molar-refractivity contribution is 7.90. The van der Waals surface area contributed by atoms with Gasteiger partial charge in [-0.2, -0.15) is 0 Å². The summed E-state index contributed by atoms with van der Waals surface area (Å²) in [5.41, 5.74) is 1.16. The molecule has 0 amide bonds. The van der Waals surface area contributed by atoms with Crippen LogP contribution >= 0.6 is 0 Å².